The second-order valence-electron chi connectivity index (χ2n) is 6.38. The summed E-state index contributed by atoms with van der Waals surface area (Å²) in [5.74, 6) is 2.05. The van der Waals surface area contributed by atoms with Crippen molar-refractivity contribution in [2.45, 2.75) is 45.6 Å². The summed E-state index contributed by atoms with van der Waals surface area (Å²) >= 11 is 3.55. The molecule has 1 unspecified atom stereocenters. The summed E-state index contributed by atoms with van der Waals surface area (Å²) in [6.07, 6.45) is 5.00. The van der Waals surface area contributed by atoms with Gasteiger partial charge in [0, 0.05) is 16.9 Å². The molecule has 0 saturated carbocycles. The van der Waals surface area contributed by atoms with Gasteiger partial charge in [-0.15, -0.1) is 0 Å². The number of nitrogens with zero attached hydrogens (tertiary/aromatic N) is 2. The fourth-order valence-corrected chi connectivity index (χ4v) is 3.73. The van der Waals surface area contributed by atoms with Crippen molar-refractivity contribution in [3.05, 3.63) is 28.5 Å². The predicted octanol–water partition coefficient (Wildman–Crippen LogP) is 4.31. The maximum Gasteiger partial charge on any atom is 0.110 e. The summed E-state index contributed by atoms with van der Waals surface area (Å²) in [7, 11) is 0. The quantitative estimate of drug-likeness (QED) is 0.890. The third-order valence-corrected chi connectivity index (χ3v) is 4.91. The van der Waals surface area contributed by atoms with Gasteiger partial charge in [0.2, 0.25) is 0 Å². The van der Waals surface area contributed by atoms with E-state index in [0.717, 1.165) is 22.3 Å². The van der Waals surface area contributed by atoms with Crippen LogP contribution in [0, 0.1) is 5.92 Å². The fourth-order valence-electron chi connectivity index (χ4n) is 3.38. The van der Waals surface area contributed by atoms with E-state index in [0.29, 0.717) is 6.04 Å². The summed E-state index contributed by atoms with van der Waals surface area (Å²) in [5.41, 5.74) is 2.36. The van der Waals surface area contributed by atoms with E-state index in [9.17, 15) is 0 Å². The Labute approximate surface area is 135 Å². The first-order valence-electron chi connectivity index (χ1n) is 8.02. The van der Waals surface area contributed by atoms with Crippen LogP contribution in [0.25, 0.3) is 11.0 Å². The zero-order chi connectivity index (χ0) is 14.8. The molecule has 2 heterocycles. The van der Waals surface area contributed by atoms with Gasteiger partial charge >= 0.3 is 0 Å². The van der Waals surface area contributed by atoms with E-state index >= 15 is 0 Å². The summed E-state index contributed by atoms with van der Waals surface area (Å²) in [5, 5.41) is 3.51. The number of hydrogen-bond acceptors (Lipinski definition) is 2. The van der Waals surface area contributed by atoms with Crippen molar-refractivity contribution in [2.75, 3.05) is 13.1 Å². The average molecular weight is 350 g/mol. The average Bonchev–Trinajstić information content (AvgIpc) is 2.83. The molecule has 2 aromatic rings. The number of hydrogen-bond donors (Lipinski definition) is 1. The number of aryl methyl sites for hydroxylation is 1. The molecule has 1 fully saturated rings. The first kappa shape index (κ1) is 15.0. The molecule has 4 heteroatoms. The zero-order valence-corrected chi connectivity index (χ0v) is 14.5. The van der Waals surface area contributed by atoms with Crippen molar-refractivity contribution in [3.8, 4) is 0 Å². The fraction of sp³-hybridized carbons (Fsp3) is 0.588. The number of aromatic nitrogens is 2. The highest BCUT2D eigenvalue weighted by atomic mass is 79.9. The number of rotatable bonds is 4. The van der Waals surface area contributed by atoms with E-state index in [1.165, 1.54) is 43.7 Å². The highest BCUT2D eigenvalue weighted by Gasteiger charge is 2.17. The minimum atomic E-state index is 0.454. The Morgan fingerprint density at radius 1 is 1.43 bits per heavy atom. The number of halogens is 1. The van der Waals surface area contributed by atoms with Crippen LogP contribution in [-0.2, 0) is 6.42 Å². The Morgan fingerprint density at radius 3 is 3.00 bits per heavy atom. The molecule has 1 aromatic heterocycles. The first-order valence-corrected chi connectivity index (χ1v) is 8.81. The molecule has 1 aromatic carbocycles. The van der Waals surface area contributed by atoms with Crippen molar-refractivity contribution in [1.82, 2.24) is 14.9 Å². The van der Waals surface area contributed by atoms with Gasteiger partial charge in [-0.3, -0.25) is 0 Å². The third-order valence-electron chi connectivity index (χ3n) is 4.42. The molecule has 0 bridgehead atoms. The molecule has 1 saturated heterocycles. The van der Waals surface area contributed by atoms with Gasteiger partial charge in [0.25, 0.3) is 0 Å². The zero-order valence-electron chi connectivity index (χ0n) is 12.9. The lowest BCUT2D eigenvalue weighted by molar-refractivity contribution is 0.354. The molecule has 1 aliphatic heterocycles. The number of fused-ring (bicyclic) bond motifs is 1. The lowest BCUT2D eigenvalue weighted by atomic mass is 9.94. The lowest BCUT2D eigenvalue weighted by Gasteiger charge is -2.23. The molecule has 1 atom stereocenters. The number of imidazole rings is 1. The highest BCUT2D eigenvalue weighted by Crippen LogP contribution is 2.26. The van der Waals surface area contributed by atoms with Gasteiger partial charge in [-0.05, 0) is 70.3 Å². The van der Waals surface area contributed by atoms with E-state index in [-0.39, 0.29) is 0 Å². The molecule has 3 nitrogen and oxygen atoms in total. The van der Waals surface area contributed by atoms with Crippen LogP contribution in [-0.4, -0.2) is 22.6 Å². The van der Waals surface area contributed by atoms with E-state index in [4.69, 9.17) is 4.98 Å². The molecular formula is C17H24BrN3. The summed E-state index contributed by atoms with van der Waals surface area (Å²) in [4.78, 5) is 4.89. The van der Waals surface area contributed by atoms with Gasteiger partial charge in [-0.1, -0.05) is 15.9 Å². The Balaban J connectivity index is 1.84. The second-order valence-corrected chi connectivity index (χ2v) is 7.29. The van der Waals surface area contributed by atoms with Crippen molar-refractivity contribution < 1.29 is 0 Å². The summed E-state index contributed by atoms with van der Waals surface area (Å²) < 4.78 is 3.50. The summed E-state index contributed by atoms with van der Waals surface area (Å²) in [6.45, 7) is 6.85. The normalized spacial score (nSPS) is 19.5. The van der Waals surface area contributed by atoms with Crippen LogP contribution >= 0.6 is 15.9 Å². The molecular weight excluding hydrogens is 326 g/mol. The standard InChI is InChI=1S/C17H24BrN3/c1-12(2)21-16-7-6-14(18)10-15(16)20-17(21)8-5-13-4-3-9-19-11-13/h6-7,10,12-13,19H,3-5,8-9,11H2,1-2H3. The maximum atomic E-state index is 4.89. The van der Waals surface area contributed by atoms with E-state index in [1.807, 2.05) is 0 Å². The van der Waals surface area contributed by atoms with Crippen molar-refractivity contribution in [2.24, 2.45) is 5.92 Å². The Hall–Kier alpha value is -0.870. The molecule has 0 aliphatic carbocycles. The molecule has 3 rings (SSSR count). The van der Waals surface area contributed by atoms with Crippen LogP contribution in [0.2, 0.25) is 0 Å². The van der Waals surface area contributed by atoms with Crippen LogP contribution in [0.4, 0.5) is 0 Å². The predicted molar refractivity (Wildman–Crippen MR) is 91.7 cm³/mol. The van der Waals surface area contributed by atoms with Crippen LogP contribution in [0.15, 0.2) is 22.7 Å². The molecule has 0 amide bonds. The summed E-state index contributed by atoms with van der Waals surface area (Å²) in [6, 6.07) is 6.87. The van der Waals surface area contributed by atoms with Gasteiger partial charge < -0.3 is 9.88 Å². The van der Waals surface area contributed by atoms with E-state index < -0.39 is 0 Å². The Bertz CT molecular complexity index is 612. The van der Waals surface area contributed by atoms with Crippen LogP contribution in [0.1, 0.15) is 45.0 Å². The molecule has 0 radical (unpaired) electrons. The van der Waals surface area contributed by atoms with Gasteiger partial charge in [0.05, 0.1) is 11.0 Å². The lowest BCUT2D eigenvalue weighted by Crippen LogP contribution is -2.30. The minimum absolute atomic E-state index is 0.454. The molecule has 21 heavy (non-hydrogen) atoms. The largest absolute Gasteiger partial charge is 0.325 e. The van der Waals surface area contributed by atoms with Crippen molar-refractivity contribution >= 4 is 27.0 Å². The second kappa shape index (κ2) is 6.49. The number of nitrogens with one attached hydrogen (secondary N) is 1. The van der Waals surface area contributed by atoms with Gasteiger partial charge in [0.15, 0.2) is 0 Å². The topological polar surface area (TPSA) is 29.9 Å². The van der Waals surface area contributed by atoms with Crippen LogP contribution in [0.3, 0.4) is 0 Å². The van der Waals surface area contributed by atoms with E-state index in [1.54, 1.807) is 0 Å². The molecule has 1 N–H and O–H groups in total. The maximum absolute atomic E-state index is 4.89. The number of benzene rings is 1. The molecule has 0 spiro atoms. The Morgan fingerprint density at radius 2 is 2.29 bits per heavy atom. The molecule has 1 aliphatic rings. The first-order chi connectivity index (χ1) is 10.1. The van der Waals surface area contributed by atoms with Gasteiger partial charge in [0.1, 0.15) is 5.82 Å². The van der Waals surface area contributed by atoms with Gasteiger partial charge in [-0.2, -0.15) is 0 Å². The minimum Gasteiger partial charge on any atom is -0.325 e. The smallest absolute Gasteiger partial charge is 0.110 e. The van der Waals surface area contributed by atoms with Crippen LogP contribution < -0.4 is 5.32 Å². The van der Waals surface area contributed by atoms with Crippen molar-refractivity contribution in [3.63, 3.8) is 0 Å². The van der Waals surface area contributed by atoms with E-state index in [2.05, 4.69) is 57.9 Å². The van der Waals surface area contributed by atoms with Gasteiger partial charge in [-0.25, -0.2) is 4.98 Å². The Kier molecular flexibility index (Phi) is 4.65. The SMILES string of the molecule is CC(C)n1c(CCC2CCCNC2)nc2cc(Br)ccc21. The van der Waals surface area contributed by atoms with Crippen LogP contribution in [0.5, 0.6) is 0 Å². The molecule has 114 valence electrons. The number of piperidine rings is 1. The highest BCUT2D eigenvalue weighted by molar-refractivity contribution is 9.10. The third kappa shape index (κ3) is 3.32. The van der Waals surface area contributed by atoms with Crippen molar-refractivity contribution in [1.29, 1.82) is 0 Å². The monoisotopic (exact) mass is 349 g/mol.